The summed E-state index contributed by atoms with van der Waals surface area (Å²) < 4.78 is 12.1. The highest BCUT2D eigenvalue weighted by Gasteiger charge is 2.11. The lowest BCUT2D eigenvalue weighted by molar-refractivity contribution is -0.118. The maximum Gasteiger partial charge on any atom is 0.262 e. The van der Waals surface area contributed by atoms with Crippen LogP contribution in [0.1, 0.15) is 0 Å². The van der Waals surface area contributed by atoms with E-state index in [9.17, 15) is 4.79 Å². The van der Waals surface area contributed by atoms with Gasteiger partial charge in [-0.3, -0.25) is 4.79 Å². The number of ether oxygens (including phenoxy) is 2. The van der Waals surface area contributed by atoms with E-state index < -0.39 is 0 Å². The van der Waals surface area contributed by atoms with Gasteiger partial charge in [-0.05, 0) is 42.5 Å². The zero-order valence-corrected chi connectivity index (χ0v) is 14.1. The second-order valence-corrected chi connectivity index (χ2v) is 5.45. The minimum atomic E-state index is -0.320. The summed E-state index contributed by atoms with van der Waals surface area (Å²) in [5.41, 5.74) is 1.17. The van der Waals surface area contributed by atoms with E-state index in [1.54, 1.807) is 49.6 Å². The van der Waals surface area contributed by atoms with Gasteiger partial charge in [0, 0.05) is 5.02 Å². The lowest BCUT2D eigenvalue weighted by Crippen LogP contribution is -2.21. The van der Waals surface area contributed by atoms with Crippen molar-refractivity contribution < 1.29 is 14.3 Å². The number of aromatic nitrogens is 3. The third-order valence-corrected chi connectivity index (χ3v) is 3.56. The summed E-state index contributed by atoms with van der Waals surface area (Å²) >= 11 is 6.02. The van der Waals surface area contributed by atoms with Crippen LogP contribution in [-0.4, -0.2) is 34.4 Å². The summed E-state index contributed by atoms with van der Waals surface area (Å²) in [7, 11) is 1.58. The van der Waals surface area contributed by atoms with Crippen LogP contribution in [0, 0.1) is 0 Å². The topological polar surface area (TPSA) is 78.3 Å². The maximum absolute atomic E-state index is 12.2. The van der Waals surface area contributed by atoms with Crippen molar-refractivity contribution in [2.24, 2.45) is 0 Å². The number of rotatable bonds is 6. The monoisotopic (exact) mass is 358 g/mol. The van der Waals surface area contributed by atoms with E-state index >= 15 is 0 Å². The predicted molar refractivity (Wildman–Crippen MR) is 93.5 cm³/mol. The van der Waals surface area contributed by atoms with Gasteiger partial charge in [-0.25, -0.2) is 9.67 Å². The van der Waals surface area contributed by atoms with E-state index in [0.29, 0.717) is 27.9 Å². The molecule has 1 aromatic heterocycles. The molecule has 0 spiro atoms. The van der Waals surface area contributed by atoms with Crippen LogP contribution in [0.3, 0.4) is 0 Å². The molecule has 0 aliphatic heterocycles. The first kappa shape index (κ1) is 16.8. The first-order valence-corrected chi connectivity index (χ1v) is 7.75. The van der Waals surface area contributed by atoms with Crippen LogP contribution < -0.4 is 14.8 Å². The molecular weight excluding hydrogens is 344 g/mol. The molecule has 25 heavy (non-hydrogen) atoms. The average Bonchev–Trinajstić information content (AvgIpc) is 3.15. The second-order valence-electron chi connectivity index (χ2n) is 5.01. The molecule has 1 amide bonds. The molecule has 0 radical (unpaired) electrons. The quantitative estimate of drug-likeness (QED) is 0.733. The summed E-state index contributed by atoms with van der Waals surface area (Å²) in [5, 5.41) is 7.33. The molecule has 3 aromatic rings. The zero-order chi connectivity index (χ0) is 17.6. The Hall–Kier alpha value is -3.06. The molecule has 2 aromatic carbocycles. The molecule has 0 saturated carbocycles. The lowest BCUT2D eigenvalue weighted by atomic mass is 10.2. The number of anilines is 1. The number of methoxy groups -OCH3 is 1. The number of amides is 1. The van der Waals surface area contributed by atoms with Gasteiger partial charge in [0.25, 0.3) is 5.91 Å². The molecule has 8 heteroatoms. The Morgan fingerprint density at radius 2 is 1.96 bits per heavy atom. The second kappa shape index (κ2) is 7.67. The molecule has 0 saturated heterocycles. The Labute approximate surface area is 149 Å². The van der Waals surface area contributed by atoms with Gasteiger partial charge in [0.1, 0.15) is 24.2 Å². The highest BCUT2D eigenvalue weighted by atomic mass is 35.5. The zero-order valence-electron chi connectivity index (χ0n) is 13.3. The minimum absolute atomic E-state index is 0.143. The molecule has 0 fully saturated rings. The number of hydrogen-bond donors (Lipinski definition) is 1. The Bertz CT molecular complexity index is 851. The minimum Gasteiger partial charge on any atom is -0.497 e. The number of hydrogen-bond acceptors (Lipinski definition) is 5. The average molecular weight is 359 g/mol. The van der Waals surface area contributed by atoms with Gasteiger partial charge < -0.3 is 14.8 Å². The van der Waals surface area contributed by atoms with E-state index in [2.05, 4.69) is 15.4 Å². The van der Waals surface area contributed by atoms with Crippen LogP contribution in [0.5, 0.6) is 11.5 Å². The number of nitrogens with zero attached hydrogens (tertiary/aromatic N) is 3. The van der Waals surface area contributed by atoms with Crippen LogP contribution in [-0.2, 0) is 4.79 Å². The maximum atomic E-state index is 12.2. The highest BCUT2D eigenvalue weighted by Crippen LogP contribution is 2.24. The van der Waals surface area contributed by atoms with E-state index in [0.717, 1.165) is 0 Å². The van der Waals surface area contributed by atoms with Gasteiger partial charge in [0.05, 0.1) is 18.5 Å². The Kier molecular flexibility index (Phi) is 5.15. The molecule has 128 valence electrons. The van der Waals surface area contributed by atoms with Crippen molar-refractivity contribution in [3.05, 3.63) is 60.1 Å². The predicted octanol–water partition coefficient (Wildman–Crippen LogP) is 2.95. The molecule has 0 unspecified atom stereocenters. The van der Waals surface area contributed by atoms with Crippen molar-refractivity contribution in [1.29, 1.82) is 0 Å². The SMILES string of the molecule is COc1ccc(OCC(=O)Nc2cc(Cl)ccc2-n2cncn2)cc1. The standard InChI is InChI=1S/C17H15ClN4O3/c1-24-13-3-5-14(6-4-13)25-9-17(23)21-15-8-12(18)2-7-16(15)22-11-19-10-20-22/h2-8,10-11H,9H2,1H3,(H,21,23). The Morgan fingerprint density at radius 3 is 2.64 bits per heavy atom. The van der Waals surface area contributed by atoms with Crippen molar-refractivity contribution in [1.82, 2.24) is 14.8 Å². The van der Waals surface area contributed by atoms with Gasteiger partial charge in [-0.1, -0.05) is 11.6 Å². The van der Waals surface area contributed by atoms with Crippen molar-refractivity contribution in [3.63, 3.8) is 0 Å². The largest absolute Gasteiger partial charge is 0.497 e. The number of halogens is 1. The van der Waals surface area contributed by atoms with Gasteiger partial charge in [-0.2, -0.15) is 5.10 Å². The van der Waals surface area contributed by atoms with E-state index in [4.69, 9.17) is 21.1 Å². The third kappa shape index (κ3) is 4.27. The van der Waals surface area contributed by atoms with Gasteiger partial charge in [0.15, 0.2) is 6.61 Å². The normalized spacial score (nSPS) is 10.3. The summed E-state index contributed by atoms with van der Waals surface area (Å²) in [4.78, 5) is 16.1. The summed E-state index contributed by atoms with van der Waals surface area (Å²) in [6.45, 7) is -0.143. The fourth-order valence-electron chi connectivity index (χ4n) is 2.15. The summed E-state index contributed by atoms with van der Waals surface area (Å²) in [5.74, 6) is 0.964. The molecule has 1 heterocycles. The van der Waals surface area contributed by atoms with Crippen LogP contribution >= 0.6 is 11.6 Å². The van der Waals surface area contributed by atoms with Crippen molar-refractivity contribution >= 4 is 23.2 Å². The summed E-state index contributed by atoms with van der Waals surface area (Å²) in [6, 6.07) is 12.1. The number of nitrogens with one attached hydrogen (secondary N) is 1. The molecule has 0 bridgehead atoms. The Morgan fingerprint density at radius 1 is 1.20 bits per heavy atom. The first-order chi connectivity index (χ1) is 12.2. The van der Waals surface area contributed by atoms with Crippen LogP contribution in [0.4, 0.5) is 5.69 Å². The molecule has 0 atom stereocenters. The van der Waals surface area contributed by atoms with Gasteiger partial charge >= 0.3 is 0 Å². The molecule has 0 aliphatic carbocycles. The van der Waals surface area contributed by atoms with Crippen LogP contribution in [0.15, 0.2) is 55.1 Å². The fourth-order valence-corrected chi connectivity index (χ4v) is 2.32. The molecule has 7 nitrogen and oxygen atoms in total. The molecule has 0 aliphatic rings. The summed E-state index contributed by atoms with van der Waals surface area (Å²) in [6.07, 6.45) is 2.94. The van der Waals surface area contributed by atoms with Crippen molar-refractivity contribution in [3.8, 4) is 17.2 Å². The lowest BCUT2D eigenvalue weighted by Gasteiger charge is -2.12. The fraction of sp³-hybridized carbons (Fsp3) is 0.118. The molecule has 3 rings (SSSR count). The number of carbonyl (C=O) groups excluding carboxylic acids is 1. The van der Waals surface area contributed by atoms with Gasteiger partial charge in [-0.15, -0.1) is 0 Å². The highest BCUT2D eigenvalue weighted by molar-refractivity contribution is 6.31. The van der Waals surface area contributed by atoms with E-state index in [1.807, 2.05) is 0 Å². The van der Waals surface area contributed by atoms with Crippen LogP contribution in [0.25, 0.3) is 5.69 Å². The van der Waals surface area contributed by atoms with Crippen molar-refractivity contribution in [2.75, 3.05) is 19.0 Å². The van der Waals surface area contributed by atoms with Crippen LogP contribution in [0.2, 0.25) is 5.02 Å². The number of carbonyl (C=O) groups is 1. The molecule has 1 N–H and O–H groups in total. The Balaban J connectivity index is 1.67. The van der Waals surface area contributed by atoms with E-state index in [1.165, 1.54) is 17.3 Å². The third-order valence-electron chi connectivity index (χ3n) is 3.33. The van der Waals surface area contributed by atoms with E-state index in [-0.39, 0.29) is 12.5 Å². The molecular formula is C17H15ClN4O3. The van der Waals surface area contributed by atoms with Gasteiger partial charge in [0.2, 0.25) is 0 Å². The van der Waals surface area contributed by atoms with Crippen molar-refractivity contribution in [2.45, 2.75) is 0 Å². The smallest absolute Gasteiger partial charge is 0.262 e. The number of benzene rings is 2. The first-order valence-electron chi connectivity index (χ1n) is 7.37.